The van der Waals surface area contributed by atoms with Crippen LogP contribution < -0.4 is 5.73 Å². The Hall–Kier alpha value is -2.63. The molecule has 1 aromatic heterocycles. The van der Waals surface area contributed by atoms with Crippen LogP contribution in [0, 0.1) is 0 Å². The first-order valence-electron chi connectivity index (χ1n) is 6.13. The number of hydrogen-bond donors (Lipinski definition) is 1. The topological polar surface area (TPSA) is 87.2 Å². The van der Waals surface area contributed by atoms with Crippen molar-refractivity contribution < 1.29 is 14.3 Å². The largest absolute Gasteiger partial charge is 0.449 e. The molecule has 1 atom stereocenters. The van der Waals surface area contributed by atoms with E-state index in [2.05, 4.69) is 5.10 Å². The van der Waals surface area contributed by atoms with E-state index < -0.39 is 18.0 Å². The molecule has 0 saturated carbocycles. The normalized spacial score (nSPS) is 11.8. The highest BCUT2D eigenvalue weighted by Gasteiger charge is 2.17. The van der Waals surface area contributed by atoms with E-state index in [1.807, 2.05) is 30.3 Å². The summed E-state index contributed by atoms with van der Waals surface area (Å²) in [5, 5.41) is 4.08. The molecule has 0 radical (unpaired) electrons. The van der Waals surface area contributed by atoms with Gasteiger partial charge in [0.05, 0.1) is 18.3 Å². The van der Waals surface area contributed by atoms with Gasteiger partial charge in [0.15, 0.2) is 6.10 Å². The number of nitrogens with zero attached hydrogens (tertiary/aromatic N) is 2. The molecule has 0 aliphatic heterocycles. The number of nitrogens with two attached hydrogens (primary N) is 1. The molecule has 6 nitrogen and oxygen atoms in total. The van der Waals surface area contributed by atoms with Gasteiger partial charge in [-0.2, -0.15) is 5.10 Å². The molecule has 0 fully saturated rings. The number of carbonyl (C=O) groups is 2. The number of amides is 1. The third-order valence-corrected chi connectivity index (χ3v) is 2.74. The van der Waals surface area contributed by atoms with Gasteiger partial charge in [-0.25, -0.2) is 4.79 Å². The van der Waals surface area contributed by atoms with Crippen molar-refractivity contribution in [3.05, 3.63) is 53.9 Å². The Balaban J connectivity index is 2.02. The quantitative estimate of drug-likeness (QED) is 0.822. The SMILES string of the molecule is CC(OC(=O)c1cnn(Cc2ccccc2)c1)C(N)=O. The Morgan fingerprint density at radius 3 is 2.70 bits per heavy atom. The zero-order valence-electron chi connectivity index (χ0n) is 11.0. The van der Waals surface area contributed by atoms with Crippen LogP contribution in [0.2, 0.25) is 0 Å². The molecule has 0 aliphatic carbocycles. The van der Waals surface area contributed by atoms with E-state index >= 15 is 0 Å². The molecule has 1 unspecified atom stereocenters. The van der Waals surface area contributed by atoms with E-state index in [9.17, 15) is 9.59 Å². The first-order chi connectivity index (χ1) is 9.56. The number of primary amides is 1. The Morgan fingerprint density at radius 2 is 2.05 bits per heavy atom. The highest BCUT2D eigenvalue weighted by Crippen LogP contribution is 2.06. The van der Waals surface area contributed by atoms with Crippen molar-refractivity contribution in [1.82, 2.24) is 9.78 Å². The van der Waals surface area contributed by atoms with Crippen LogP contribution in [0.4, 0.5) is 0 Å². The van der Waals surface area contributed by atoms with Crippen LogP contribution in [0.1, 0.15) is 22.8 Å². The minimum Gasteiger partial charge on any atom is -0.449 e. The molecule has 104 valence electrons. The summed E-state index contributed by atoms with van der Waals surface area (Å²) in [6.45, 7) is 1.98. The lowest BCUT2D eigenvalue weighted by molar-refractivity contribution is -0.125. The van der Waals surface area contributed by atoms with E-state index in [-0.39, 0.29) is 5.56 Å². The zero-order valence-corrected chi connectivity index (χ0v) is 11.0. The molecular weight excluding hydrogens is 258 g/mol. The van der Waals surface area contributed by atoms with Crippen LogP contribution in [0.3, 0.4) is 0 Å². The highest BCUT2D eigenvalue weighted by molar-refractivity contribution is 5.91. The third kappa shape index (κ3) is 3.44. The fourth-order valence-corrected chi connectivity index (χ4v) is 1.61. The number of carbonyl (C=O) groups excluding carboxylic acids is 2. The predicted octanol–water partition coefficient (Wildman–Crippen LogP) is 0.962. The van der Waals surface area contributed by atoms with Crippen molar-refractivity contribution in [3.8, 4) is 0 Å². The summed E-state index contributed by atoms with van der Waals surface area (Å²) >= 11 is 0. The summed E-state index contributed by atoms with van der Waals surface area (Å²) in [5.74, 6) is -1.30. The van der Waals surface area contributed by atoms with Gasteiger partial charge in [-0.1, -0.05) is 30.3 Å². The molecule has 1 amide bonds. The minimum atomic E-state index is -0.958. The second kappa shape index (κ2) is 6.01. The van der Waals surface area contributed by atoms with Crippen LogP contribution in [-0.2, 0) is 16.1 Å². The number of rotatable bonds is 5. The van der Waals surface area contributed by atoms with Crippen molar-refractivity contribution in [3.63, 3.8) is 0 Å². The summed E-state index contributed by atoms with van der Waals surface area (Å²) in [4.78, 5) is 22.6. The van der Waals surface area contributed by atoms with Crippen LogP contribution in [-0.4, -0.2) is 27.8 Å². The van der Waals surface area contributed by atoms with Crippen molar-refractivity contribution in [2.45, 2.75) is 19.6 Å². The number of hydrogen-bond acceptors (Lipinski definition) is 4. The molecule has 2 rings (SSSR count). The second-order valence-corrected chi connectivity index (χ2v) is 4.36. The maximum atomic E-state index is 11.7. The smallest absolute Gasteiger partial charge is 0.342 e. The van der Waals surface area contributed by atoms with Gasteiger partial charge >= 0.3 is 5.97 Å². The number of esters is 1. The Kier molecular flexibility index (Phi) is 4.14. The minimum absolute atomic E-state index is 0.286. The average Bonchev–Trinajstić information content (AvgIpc) is 2.88. The standard InChI is InChI=1S/C14H15N3O3/c1-10(13(15)18)20-14(19)12-7-16-17(9-12)8-11-5-3-2-4-6-11/h2-7,9-10H,8H2,1H3,(H2,15,18). The van der Waals surface area contributed by atoms with Gasteiger partial charge in [-0.05, 0) is 12.5 Å². The van der Waals surface area contributed by atoms with Crippen molar-refractivity contribution in [2.24, 2.45) is 5.73 Å². The van der Waals surface area contributed by atoms with Gasteiger partial charge in [-0.15, -0.1) is 0 Å². The van der Waals surface area contributed by atoms with Crippen LogP contribution in [0.25, 0.3) is 0 Å². The van der Waals surface area contributed by atoms with Gasteiger partial charge in [-0.3, -0.25) is 9.48 Å². The van der Waals surface area contributed by atoms with Gasteiger partial charge in [0, 0.05) is 6.20 Å². The summed E-state index contributed by atoms with van der Waals surface area (Å²) in [7, 11) is 0. The average molecular weight is 273 g/mol. The zero-order chi connectivity index (χ0) is 14.5. The molecule has 2 aromatic rings. The third-order valence-electron chi connectivity index (χ3n) is 2.74. The Bertz CT molecular complexity index is 607. The number of benzene rings is 1. The molecular formula is C14H15N3O3. The lowest BCUT2D eigenvalue weighted by Crippen LogP contribution is -2.30. The van der Waals surface area contributed by atoms with Gasteiger partial charge in [0.2, 0.25) is 0 Å². The predicted molar refractivity (Wildman–Crippen MR) is 71.8 cm³/mol. The van der Waals surface area contributed by atoms with Gasteiger partial charge in [0.25, 0.3) is 5.91 Å². The number of aromatic nitrogens is 2. The molecule has 0 aliphatic rings. The molecule has 0 bridgehead atoms. The molecule has 0 saturated heterocycles. The molecule has 0 spiro atoms. The highest BCUT2D eigenvalue weighted by atomic mass is 16.5. The van der Waals surface area contributed by atoms with Crippen molar-refractivity contribution in [2.75, 3.05) is 0 Å². The molecule has 20 heavy (non-hydrogen) atoms. The maximum absolute atomic E-state index is 11.7. The van der Waals surface area contributed by atoms with Crippen molar-refractivity contribution in [1.29, 1.82) is 0 Å². The lowest BCUT2D eigenvalue weighted by Gasteiger charge is -2.07. The van der Waals surface area contributed by atoms with E-state index in [1.165, 1.54) is 13.1 Å². The fourth-order valence-electron chi connectivity index (χ4n) is 1.61. The summed E-state index contributed by atoms with van der Waals surface area (Å²) < 4.78 is 6.52. The first-order valence-corrected chi connectivity index (χ1v) is 6.13. The summed E-state index contributed by atoms with van der Waals surface area (Å²) in [6.07, 6.45) is 2.02. The van der Waals surface area contributed by atoms with Crippen LogP contribution in [0.5, 0.6) is 0 Å². The first kappa shape index (κ1) is 13.8. The van der Waals surface area contributed by atoms with Gasteiger partial charge in [0.1, 0.15) is 0 Å². The van der Waals surface area contributed by atoms with E-state index in [4.69, 9.17) is 10.5 Å². The van der Waals surface area contributed by atoms with Gasteiger partial charge < -0.3 is 10.5 Å². The number of ether oxygens (including phenoxy) is 1. The maximum Gasteiger partial charge on any atom is 0.342 e. The van der Waals surface area contributed by atoms with E-state index in [1.54, 1.807) is 10.9 Å². The molecule has 1 aromatic carbocycles. The molecule has 6 heteroatoms. The monoisotopic (exact) mass is 273 g/mol. The van der Waals surface area contributed by atoms with Crippen molar-refractivity contribution >= 4 is 11.9 Å². The Labute approximate surface area is 116 Å². The summed E-state index contributed by atoms with van der Waals surface area (Å²) in [6, 6.07) is 9.73. The van der Waals surface area contributed by atoms with E-state index in [0.29, 0.717) is 6.54 Å². The molecule has 1 heterocycles. The fraction of sp³-hybridized carbons (Fsp3) is 0.214. The summed E-state index contributed by atoms with van der Waals surface area (Å²) in [5.41, 5.74) is 6.39. The Morgan fingerprint density at radius 1 is 1.35 bits per heavy atom. The second-order valence-electron chi connectivity index (χ2n) is 4.36. The molecule has 2 N–H and O–H groups in total. The van der Waals surface area contributed by atoms with Crippen LogP contribution in [0.15, 0.2) is 42.7 Å². The van der Waals surface area contributed by atoms with E-state index in [0.717, 1.165) is 5.56 Å². The van der Waals surface area contributed by atoms with Crippen LogP contribution >= 0.6 is 0 Å². The lowest BCUT2D eigenvalue weighted by atomic mass is 10.2.